The Labute approximate surface area is 186 Å². The van der Waals surface area contributed by atoms with Crippen molar-refractivity contribution in [2.45, 2.75) is 31.6 Å². The highest BCUT2D eigenvalue weighted by Crippen LogP contribution is 2.34. The Hall–Kier alpha value is -2.44. The van der Waals surface area contributed by atoms with Crippen LogP contribution < -0.4 is 10.2 Å². The summed E-state index contributed by atoms with van der Waals surface area (Å²) in [7, 11) is 5.83. The van der Waals surface area contributed by atoms with Gasteiger partial charge < -0.3 is 9.15 Å². The fourth-order valence-electron chi connectivity index (χ4n) is 3.00. The fraction of sp³-hybridized carbons (Fsp3) is 0.208. The molecule has 4 aromatic rings. The van der Waals surface area contributed by atoms with Crippen molar-refractivity contribution in [3.63, 3.8) is 0 Å². The van der Waals surface area contributed by atoms with Crippen LogP contribution in [0.2, 0.25) is 0 Å². The normalized spacial score (nSPS) is 11.1. The van der Waals surface area contributed by atoms with Crippen molar-refractivity contribution in [3.05, 3.63) is 65.6 Å². The van der Waals surface area contributed by atoms with Gasteiger partial charge in [0.1, 0.15) is 24.9 Å². The van der Waals surface area contributed by atoms with E-state index < -0.39 is 0 Å². The first kappa shape index (κ1) is 20.8. The fourth-order valence-corrected chi connectivity index (χ4v) is 4.93. The molecule has 0 N–H and O–H groups in total. The Bertz CT molecular complexity index is 1200. The molecule has 0 amide bonds. The summed E-state index contributed by atoms with van der Waals surface area (Å²) < 4.78 is 11.9. The van der Waals surface area contributed by atoms with Crippen molar-refractivity contribution < 1.29 is 9.15 Å². The number of aryl methyl sites for hydroxylation is 1. The quantitative estimate of drug-likeness (QED) is 0.136. The molecule has 0 saturated heterocycles. The first-order valence-electron chi connectivity index (χ1n) is 9.90. The highest BCUT2D eigenvalue weighted by Gasteiger charge is 2.14. The van der Waals surface area contributed by atoms with Gasteiger partial charge in [-0.2, -0.15) is 0 Å². The van der Waals surface area contributed by atoms with Crippen molar-refractivity contribution in [1.82, 2.24) is 4.98 Å². The summed E-state index contributed by atoms with van der Waals surface area (Å²) in [5.74, 6) is 3.15. The molecule has 3 nitrogen and oxygen atoms in total. The third-order valence-electron chi connectivity index (χ3n) is 4.65. The van der Waals surface area contributed by atoms with Crippen LogP contribution in [-0.4, -0.2) is 18.6 Å². The third kappa shape index (κ3) is 4.66. The summed E-state index contributed by atoms with van der Waals surface area (Å²) in [4.78, 5) is 7.68. The van der Waals surface area contributed by atoms with E-state index in [0.29, 0.717) is 17.1 Å². The van der Waals surface area contributed by atoms with Crippen LogP contribution in [0.3, 0.4) is 0 Å². The summed E-state index contributed by atoms with van der Waals surface area (Å²) in [6.45, 7) is 8.40. The van der Waals surface area contributed by atoms with E-state index in [9.17, 15) is 0 Å². The van der Waals surface area contributed by atoms with Crippen LogP contribution in [0.25, 0.3) is 27.6 Å². The molecule has 0 unspecified atom stereocenters. The summed E-state index contributed by atoms with van der Waals surface area (Å²) in [6.07, 6.45) is 2.44. The maximum Gasteiger partial charge on any atom is 0.237 e. The van der Waals surface area contributed by atoms with Crippen LogP contribution in [-0.2, 0) is 0 Å². The third-order valence-corrected chi connectivity index (χ3v) is 6.84. The van der Waals surface area contributed by atoms with Crippen LogP contribution in [0.4, 0.5) is 0 Å². The zero-order chi connectivity index (χ0) is 21.1. The zero-order valence-corrected chi connectivity index (χ0v) is 18.7. The van der Waals surface area contributed by atoms with E-state index in [1.807, 2.05) is 48.2 Å². The van der Waals surface area contributed by atoms with E-state index in [1.165, 1.54) is 29.1 Å². The number of unbranched alkanes of at least 4 members (excludes halogenated alkanes) is 1. The summed E-state index contributed by atoms with van der Waals surface area (Å²) in [5.41, 5.74) is 3.24. The number of thiophene rings is 1. The number of benzene rings is 2. The number of rotatable bonds is 8. The van der Waals surface area contributed by atoms with Gasteiger partial charge in [0.25, 0.3) is 0 Å². The first-order chi connectivity index (χ1) is 14.5. The molecule has 6 heteroatoms. The number of thioether (sulfide) groups is 1. The van der Waals surface area contributed by atoms with Gasteiger partial charge in [0.2, 0.25) is 5.89 Å². The lowest BCUT2D eigenvalue weighted by Gasteiger charge is -2.11. The van der Waals surface area contributed by atoms with Gasteiger partial charge >= 0.3 is 0 Å². The van der Waals surface area contributed by atoms with Crippen LogP contribution in [0.1, 0.15) is 30.2 Å². The Morgan fingerprint density at radius 3 is 2.87 bits per heavy atom. The Morgan fingerprint density at radius 2 is 2.07 bits per heavy atom. The van der Waals surface area contributed by atoms with Gasteiger partial charge in [-0.05, 0) is 67.1 Å². The van der Waals surface area contributed by atoms with Crippen LogP contribution in [0, 0.1) is 6.92 Å². The second-order valence-corrected chi connectivity index (χ2v) is 9.32. The molecular formula is C24H22BNO2S2. The molecule has 0 saturated carbocycles. The zero-order valence-electron chi connectivity index (χ0n) is 17.1. The minimum atomic E-state index is 0.573. The minimum absolute atomic E-state index is 0.573. The van der Waals surface area contributed by atoms with E-state index in [4.69, 9.17) is 17.0 Å². The highest BCUT2D eigenvalue weighted by atomic mass is 32.2. The topological polar surface area (TPSA) is 35.3 Å². The minimum Gasteiger partial charge on any atom is -0.456 e. The molecule has 2 radical (unpaired) electrons. The molecule has 4 rings (SSSR count). The summed E-state index contributed by atoms with van der Waals surface area (Å²) in [5, 5.41) is 0. The van der Waals surface area contributed by atoms with Crippen molar-refractivity contribution >= 4 is 53.3 Å². The van der Waals surface area contributed by atoms with Gasteiger partial charge in [-0.25, -0.2) is 4.98 Å². The van der Waals surface area contributed by atoms with Gasteiger partial charge in [0.15, 0.2) is 5.58 Å². The molecule has 0 atom stereocenters. The number of ether oxygens (including phenoxy) is 1. The lowest BCUT2D eigenvalue weighted by Crippen LogP contribution is -1.98. The largest absolute Gasteiger partial charge is 0.456 e. The van der Waals surface area contributed by atoms with Gasteiger partial charge in [-0.3, -0.25) is 0 Å². The molecule has 150 valence electrons. The molecule has 0 bridgehead atoms. The number of aromatic nitrogens is 1. The molecule has 2 aromatic carbocycles. The molecule has 0 aliphatic carbocycles. The predicted molar refractivity (Wildman–Crippen MR) is 129 cm³/mol. The maximum atomic E-state index is 6.07. The second kappa shape index (κ2) is 9.15. The monoisotopic (exact) mass is 431 g/mol. The molecule has 2 aromatic heterocycles. The number of nitrogens with zero attached hydrogens (tertiary/aromatic N) is 1. The van der Waals surface area contributed by atoms with Gasteiger partial charge in [0, 0.05) is 4.90 Å². The van der Waals surface area contributed by atoms with E-state index in [2.05, 4.69) is 37.5 Å². The molecule has 0 spiro atoms. The van der Waals surface area contributed by atoms with E-state index in [-0.39, 0.29) is 0 Å². The van der Waals surface area contributed by atoms with Crippen LogP contribution >= 0.6 is 23.1 Å². The number of oxazole rings is 1. The smallest absolute Gasteiger partial charge is 0.237 e. The van der Waals surface area contributed by atoms with Crippen LogP contribution in [0.15, 0.2) is 64.4 Å². The molecule has 2 heterocycles. The van der Waals surface area contributed by atoms with Gasteiger partial charge in [-0.1, -0.05) is 31.5 Å². The van der Waals surface area contributed by atoms with Crippen molar-refractivity contribution in [1.29, 1.82) is 0 Å². The molecule has 30 heavy (non-hydrogen) atoms. The summed E-state index contributed by atoms with van der Waals surface area (Å²) in [6, 6.07) is 15.7. The Morgan fingerprint density at radius 1 is 1.20 bits per heavy atom. The first-order valence-corrected chi connectivity index (χ1v) is 11.7. The Balaban J connectivity index is 1.47. The van der Waals surface area contributed by atoms with E-state index >= 15 is 0 Å². The van der Waals surface area contributed by atoms with E-state index in [1.54, 1.807) is 0 Å². The predicted octanol–water partition coefficient (Wildman–Crippen LogP) is 6.60. The number of hydrogen-bond donors (Lipinski definition) is 0. The number of fused-ring (bicyclic) bond motifs is 1. The second-order valence-electron chi connectivity index (χ2n) is 7.06. The number of hydrogen-bond acceptors (Lipinski definition) is 5. The maximum absolute atomic E-state index is 6.07. The lowest BCUT2D eigenvalue weighted by atomic mass is 9.96. The van der Waals surface area contributed by atoms with Gasteiger partial charge in [-0.15, -0.1) is 23.1 Å². The van der Waals surface area contributed by atoms with Crippen LogP contribution in [0.5, 0.6) is 5.75 Å². The SMILES string of the molecule is [B]c1ccc2oc(-c3ccc(C(=C)Oc4ccc(SCCCC)cc4C)s3)nc2c1. The van der Waals surface area contributed by atoms with Crippen molar-refractivity contribution in [2.24, 2.45) is 0 Å². The lowest BCUT2D eigenvalue weighted by molar-refractivity contribution is 0.514. The summed E-state index contributed by atoms with van der Waals surface area (Å²) >= 11 is 3.42. The molecule has 0 aliphatic rings. The highest BCUT2D eigenvalue weighted by molar-refractivity contribution is 7.99. The average Bonchev–Trinajstić information content (AvgIpc) is 3.37. The molecule has 0 fully saturated rings. The standard InChI is InChI=1S/C24H22BNO2S2/c1-4-5-12-29-18-7-9-20(15(2)13-18)27-16(3)22-10-11-23(30-22)24-26-19-14-17(25)6-8-21(19)28-24/h6-11,13-14H,3-5,12H2,1-2H3. The average molecular weight is 431 g/mol. The van der Waals surface area contributed by atoms with Gasteiger partial charge in [0.05, 0.1) is 9.75 Å². The van der Waals surface area contributed by atoms with Crippen molar-refractivity contribution in [2.75, 3.05) is 5.75 Å². The van der Waals surface area contributed by atoms with Crippen molar-refractivity contribution in [3.8, 4) is 16.5 Å². The Kier molecular flexibility index (Phi) is 6.35. The molecule has 0 aliphatic heterocycles. The molecular weight excluding hydrogens is 409 g/mol. The van der Waals surface area contributed by atoms with E-state index in [0.717, 1.165) is 37.9 Å².